The van der Waals surface area contributed by atoms with Gasteiger partial charge in [0.1, 0.15) is 5.82 Å². The maximum Gasteiger partial charge on any atom is 0.111 e. The first-order valence-corrected chi connectivity index (χ1v) is 6.48. The van der Waals surface area contributed by atoms with Gasteiger partial charge in [0.05, 0.1) is 0 Å². The summed E-state index contributed by atoms with van der Waals surface area (Å²) in [6.07, 6.45) is 3.93. The lowest BCUT2D eigenvalue weighted by Crippen LogP contribution is -2.13. The van der Waals surface area contributed by atoms with Gasteiger partial charge in [-0.15, -0.1) is 0 Å². The van der Waals surface area contributed by atoms with Crippen LogP contribution in [0.2, 0.25) is 0 Å². The number of hydrogen-bond donors (Lipinski definition) is 1. The van der Waals surface area contributed by atoms with Crippen molar-refractivity contribution in [2.24, 2.45) is 0 Å². The van der Waals surface area contributed by atoms with Crippen molar-refractivity contribution in [3.8, 4) is 0 Å². The molecule has 3 nitrogen and oxygen atoms in total. The third kappa shape index (κ3) is 3.13. The molecule has 0 saturated carbocycles. The fourth-order valence-corrected chi connectivity index (χ4v) is 2.09. The van der Waals surface area contributed by atoms with Crippen LogP contribution in [-0.4, -0.2) is 16.1 Å². The Kier molecular flexibility index (Phi) is 4.03. The highest BCUT2D eigenvalue weighted by molar-refractivity contribution is 5.45. The molecule has 1 heterocycles. The second-order valence-electron chi connectivity index (χ2n) is 4.93. The summed E-state index contributed by atoms with van der Waals surface area (Å²) in [5.41, 5.74) is 2.46. The van der Waals surface area contributed by atoms with Crippen LogP contribution in [0.25, 0.3) is 0 Å². The van der Waals surface area contributed by atoms with E-state index >= 15 is 0 Å². The molecule has 0 radical (unpaired) electrons. The van der Waals surface area contributed by atoms with Crippen LogP contribution >= 0.6 is 0 Å². The monoisotopic (exact) mass is 243 g/mol. The highest BCUT2D eigenvalue weighted by Crippen LogP contribution is 2.12. The van der Waals surface area contributed by atoms with Gasteiger partial charge in [-0.2, -0.15) is 0 Å². The van der Waals surface area contributed by atoms with Crippen molar-refractivity contribution < 1.29 is 0 Å². The molecule has 0 amide bonds. The van der Waals surface area contributed by atoms with Gasteiger partial charge in [0.2, 0.25) is 0 Å². The highest BCUT2D eigenvalue weighted by Gasteiger charge is 2.06. The van der Waals surface area contributed by atoms with Crippen LogP contribution in [0.3, 0.4) is 0 Å². The van der Waals surface area contributed by atoms with Crippen LogP contribution in [-0.2, 0) is 6.54 Å². The third-order valence-electron chi connectivity index (χ3n) is 2.96. The van der Waals surface area contributed by atoms with E-state index in [1.807, 2.05) is 12.4 Å². The van der Waals surface area contributed by atoms with Crippen molar-refractivity contribution in [3.05, 3.63) is 48.0 Å². The number of aryl methyl sites for hydroxylation is 1. The van der Waals surface area contributed by atoms with Crippen LogP contribution < -0.4 is 5.32 Å². The van der Waals surface area contributed by atoms with Crippen LogP contribution in [0.1, 0.15) is 31.2 Å². The predicted molar refractivity (Wildman–Crippen MR) is 76.0 cm³/mol. The molecule has 2 rings (SSSR count). The van der Waals surface area contributed by atoms with Gasteiger partial charge in [0, 0.05) is 37.1 Å². The molecule has 0 aliphatic heterocycles. The Hall–Kier alpha value is -1.77. The molecule has 0 aliphatic rings. The lowest BCUT2D eigenvalue weighted by atomic mass is 10.2. The Morgan fingerprint density at radius 3 is 2.89 bits per heavy atom. The standard InChI is InChI=1S/C15H21N3/c1-12(2)15-17-8-10-18(15)9-7-16-14-6-4-5-13(3)11-14/h4-6,8,10-12,16H,7,9H2,1-3H3. The van der Waals surface area contributed by atoms with Gasteiger partial charge < -0.3 is 9.88 Å². The molecule has 96 valence electrons. The maximum absolute atomic E-state index is 4.39. The Morgan fingerprint density at radius 2 is 2.17 bits per heavy atom. The Labute approximate surface area is 109 Å². The molecule has 0 atom stereocenters. The van der Waals surface area contributed by atoms with Crippen LogP contribution in [0.5, 0.6) is 0 Å². The normalized spacial score (nSPS) is 10.9. The smallest absolute Gasteiger partial charge is 0.111 e. The summed E-state index contributed by atoms with van der Waals surface area (Å²) in [4.78, 5) is 4.39. The van der Waals surface area contributed by atoms with Gasteiger partial charge in [-0.1, -0.05) is 26.0 Å². The van der Waals surface area contributed by atoms with Crippen LogP contribution in [0, 0.1) is 6.92 Å². The molecular formula is C15H21N3. The van der Waals surface area contributed by atoms with E-state index < -0.39 is 0 Å². The van der Waals surface area contributed by atoms with E-state index in [4.69, 9.17) is 0 Å². The SMILES string of the molecule is Cc1cccc(NCCn2ccnc2C(C)C)c1. The predicted octanol–water partition coefficient (Wildman–Crippen LogP) is 3.43. The molecule has 3 heteroatoms. The van der Waals surface area contributed by atoms with Crippen molar-refractivity contribution in [1.29, 1.82) is 0 Å². The van der Waals surface area contributed by atoms with Gasteiger partial charge in [-0.3, -0.25) is 0 Å². The zero-order valence-electron chi connectivity index (χ0n) is 11.4. The molecule has 1 N–H and O–H groups in total. The number of anilines is 1. The lowest BCUT2D eigenvalue weighted by Gasteiger charge is -2.12. The second-order valence-corrected chi connectivity index (χ2v) is 4.93. The molecule has 0 saturated heterocycles. The van der Waals surface area contributed by atoms with E-state index in [0.717, 1.165) is 18.9 Å². The Morgan fingerprint density at radius 1 is 1.33 bits per heavy atom. The van der Waals surface area contributed by atoms with Gasteiger partial charge in [0.15, 0.2) is 0 Å². The van der Waals surface area contributed by atoms with E-state index in [2.05, 4.69) is 59.9 Å². The fraction of sp³-hybridized carbons (Fsp3) is 0.400. The molecule has 18 heavy (non-hydrogen) atoms. The van der Waals surface area contributed by atoms with E-state index in [9.17, 15) is 0 Å². The molecule has 0 bridgehead atoms. The number of imidazole rings is 1. The topological polar surface area (TPSA) is 29.9 Å². The first kappa shape index (κ1) is 12.7. The van der Waals surface area contributed by atoms with Crippen molar-refractivity contribution in [2.75, 3.05) is 11.9 Å². The van der Waals surface area contributed by atoms with Gasteiger partial charge >= 0.3 is 0 Å². The average molecular weight is 243 g/mol. The van der Waals surface area contributed by atoms with Gasteiger partial charge in [-0.05, 0) is 24.6 Å². The zero-order chi connectivity index (χ0) is 13.0. The van der Waals surface area contributed by atoms with E-state index in [0.29, 0.717) is 5.92 Å². The first-order valence-electron chi connectivity index (χ1n) is 6.48. The summed E-state index contributed by atoms with van der Waals surface area (Å²) in [6, 6.07) is 8.45. The van der Waals surface area contributed by atoms with Crippen LogP contribution in [0.4, 0.5) is 5.69 Å². The van der Waals surface area contributed by atoms with Gasteiger partial charge in [0.25, 0.3) is 0 Å². The number of nitrogens with zero attached hydrogens (tertiary/aromatic N) is 2. The van der Waals surface area contributed by atoms with E-state index in [1.54, 1.807) is 0 Å². The summed E-state index contributed by atoms with van der Waals surface area (Å²) in [7, 11) is 0. The number of hydrogen-bond acceptors (Lipinski definition) is 2. The minimum absolute atomic E-state index is 0.471. The summed E-state index contributed by atoms with van der Waals surface area (Å²) in [5, 5.41) is 3.44. The number of aromatic nitrogens is 2. The molecular weight excluding hydrogens is 222 g/mol. The van der Waals surface area contributed by atoms with Crippen LogP contribution in [0.15, 0.2) is 36.7 Å². The van der Waals surface area contributed by atoms with Crippen molar-refractivity contribution >= 4 is 5.69 Å². The van der Waals surface area contributed by atoms with Gasteiger partial charge in [-0.25, -0.2) is 4.98 Å². The molecule has 0 spiro atoms. The number of nitrogens with one attached hydrogen (secondary N) is 1. The maximum atomic E-state index is 4.39. The van der Waals surface area contributed by atoms with Crippen molar-refractivity contribution in [2.45, 2.75) is 33.2 Å². The average Bonchev–Trinajstić information content (AvgIpc) is 2.77. The molecule has 0 unspecified atom stereocenters. The Bertz CT molecular complexity index is 500. The van der Waals surface area contributed by atoms with E-state index in [1.165, 1.54) is 11.3 Å². The summed E-state index contributed by atoms with van der Waals surface area (Å²) in [5.74, 6) is 1.63. The fourth-order valence-electron chi connectivity index (χ4n) is 2.09. The van der Waals surface area contributed by atoms with Crippen molar-refractivity contribution in [1.82, 2.24) is 9.55 Å². The molecule has 1 aromatic carbocycles. The first-order chi connectivity index (χ1) is 8.66. The lowest BCUT2D eigenvalue weighted by molar-refractivity contribution is 0.637. The molecule has 2 aromatic rings. The highest BCUT2D eigenvalue weighted by atomic mass is 15.1. The minimum atomic E-state index is 0.471. The third-order valence-corrected chi connectivity index (χ3v) is 2.96. The summed E-state index contributed by atoms with van der Waals surface area (Å²) >= 11 is 0. The molecule has 1 aromatic heterocycles. The zero-order valence-corrected chi connectivity index (χ0v) is 11.4. The Balaban J connectivity index is 1.90. The number of rotatable bonds is 5. The number of benzene rings is 1. The largest absolute Gasteiger partial charge is 0.383 e. The summed E-state index contributed by atoms with van der Waals surface area (Å²) in [6.45, 7) is 8.32. The quantitative estimate of drug-likeness (QED) is 0.872. The van der Waals surface area contributed by atoms with E-state index in [-0.39, 0.29) is 0 Å². The minimum Gasteiger partial charge on any atom is -0.383 e. The van der Waals surface area contributed by atoms with Crippen molar-refractivity contribution in [3.63, 3.8) is 0 Å². The summed E-state index contributed by atoms with van der Waals surface area (Å²) < 4.78 is 2.22. The molecule has 0 aliphatic carbocycles. The molecule has 0 fully saturated rings. The second kappa shape index (κ2) is 5.71.